The maximum atomic E-state index is 9.51. The van der Waals surface area contributed by atoms with Gasteiger partial charge in [-0.25, -0.2) is 0 Å². The van der Waals surface area contributed by atoms with Gasteiger partial charge in [0.25, 0.3) is 0 Å². The van der Waals surface area contributed by atoms with Gasteiger partial charge in [-0.05, 0) is 52.1 Å². The summed E-state index contributed by atoms with van der Waals surface area (Å²) in [7, 11) is -1.49. The van der Waals surface area contributed by atoms with Crippen LogP contribution < -0.4 is 10.8 Å². The molecule has 3 rings (SSSR count). The third kappa shape index (κ3) is 3.04. The molecule has 21 heavy (non-hydrogen) atoms. The number of nitrogens with one attached hydrogen (secondary N) is 1. The van der Waals surface area contributed by atoms with Gasteiger partial charge in [0, 0.05) is 18.9 Å². The van der Waals surface area contributed by atoms with Gasteiger partial charge in [0.1, 0.15) is 0 Å². The summed E-state index contributed by atoms with van der Waals surface area (Å²) in [5.41, 5.74) is 4.41. The summed E-state index contributed by atoms with van der Waals surface area (Å²) in [6, 6.07) is 9.43. The molecule has 1 aliphatic rings. The van der Waals surface area contributed by atoms with E-state index in [1.54, 1.807) is 24.5 Å². The third-order valence-electron chi connectivity index (χ3n) is 3.42. The Balaban J connectivity index is 2.10. The standard InChI is InChI=1S/C16H15BN2O2/c20-17(21)16-8-14(12-3-1-5-18-10-12)7-15(9-16)13-4-2-6-19-11-13/h1-10,19-21H,11H2. The van der Waals surface area contributed by atoms with Gasteiger partial charge in [0.15, 0.2) is 0 Å². The van der Waals surface area contributed by atoms with Gasteiger partial charge in [0.05, 0.1) is 0 Å². The number of benzene rings is 1. The fourth-order valence-electron chi connectivity index (χ4n) is 2.34. The van der Waals surface area contributed by atoms with Crippen molar-refractivity contribution in [2.75, 3.05) is 6.54 Å². The molecule has 0 aliphatic carbocycles. The maximum Gasteiger partial charge on any atom is 0.488 e. The molecule has 0 unspecified atom stereocenters. The van der Waals surface area contributed by atoms with Crippen LogP contribution in [0.1, 0.15) is 5.56 Å². The molecule has 2 heterocycles. The number of hydrogen-bond donors (Lipinski definition) is 3. The lowest BCUT2D eigenvalue weighted by molar-refractivity contribution is 0.426. The molecule has 0 bridgehead atoms. The highest BCUT2D eigenvalue weighted by atomic mass is 16.4. The number of hydrogen-bond acceptors (Lipinski definition) is 4. The fourth-order valence-corrected chi connectivity index (χ4v) is 2.34. The van der Waals surface area contributed by atoms with E-state index in [1.165, 1.54) is 0 Å². The summed E-state index contributed by atoms with van der Waals surface area (Å²) < 4.78 is 0. The smallest absolute Gasteiger partial charge is 0.423 e. The quantitative estimate of drug-likeness (QED) is 0.731. The first-order valence-electron chi connectivity index (χ1n) is 6.75. The van der Waals surface area contributed by atoms with Crippen LogP contribution in [-0.2, 0) is 0 Å². The van der Waals surface area contributed by atoms with Crippen LogP contribution in [0.25, 0.3) is 16.7 Å². The van der Waals surface area contributed by atoms with Crippen LogP contribution in [0.5, 0.6) is 0 Å². The number of dihydropyridines is 1. The Bertz CT molecular complexity index is 697. The first kappa shape index (κ1) is 13.6. The van der Waals surface area contributed by atoms with Crippen molar-refractivity contribution in [2.24, 2.45) is 0 Å². The van der Waals surface area contributed by atoms with Crippen molar-refractivity contribution in [3.8, 4) is 11.1 Å². The summed E-state index contributed by atoms with van der Waals surface area (Å²) in [6.45, 7) is 0.716. The molecule has 0 saturated carbocycles. The molecular weight excluding hydrogens is 263 g/mol. The number of pyridine rings is 1. The van der Waals surface area contributed by atoms with Gasteiger partial charge < -0.3 is 15.4 Å². The van der Waals surface area contributed by atoms with Crippen molar-refractivity contribution < 1.29 is 10.0 Å². The summed E-state index contributed by atoms with van der Waals surface area (Å²) >= 11 is 0. The second-order valence-corrected chi connectivity index (χ2v) is 4.89. The van der Waals surface area contributed by atoms with Crippen LogP contribution in [-0.4, -0.2) is 28.7 Å². The molecule has 104 valence electrons. The second-order valence-electron chi connectivity index (χ2n) is 4.89. The Labute approximate surface area is 123 Å². The van der Waals surface area contributed by atoms with E-state index in [0.29, 0.717) is 12.0 Å². The van der Waals surface area contributed by atoms with E-state index in [0.717, 1.165) is 22.3 Å². The van der Waals surface area contributed by atoms with Crippen LogP contribution in [0.4, 0.5) is 0 Å². The zero-order chi connectivity index (χ0) is 14.7. The summed E-state index contributed by atoms with van der Waals surface area (Å²) in [6.07, 6.45) is 9.32. The highest BCUT2D eigenvalue weighted by Crippen LogP contribution is 2.23. The summed E-state index contributed by atoms with van der Waals surface area (Å²) in [5, 5.41) is 22.2. The molecule has 5 heteroatoms. The van der Waals surface area contributed by atoms with Crippen LogP contribution in [0.2, 0.25) is 0 Å². The number of rotatable bonds is 3. The molecule has 1 aromatic heterocycles. The highest BCUT2D eigenvalue weighted by molar-refractivity contribution is 6.58. The lowest BCUT2D eigenvalue weighted by Crippen LogP contribution is -2.30. The van der Waals surface area contributed by atoms with Gasteiger partial charge >= 0.3 is 7.12 Å². The fraction of sp³-hybridized carbons (Fsp3) is 0.0625. The van der Waals surface area contributed by atoms with Crippen LogP contribution >= 0.6 is 0 Å². The highest BCUT2D eigenvalue weighted by Gasteiger charge is 2.15. The summed E-state index contributed by atoms with van der Waals surface area (Å²) in [5.74, 6) is 0. The molecule has 0 atom stereocenters. The van der Waals surface area contributed by atoms with Gasteiger partial charge in [-0.1, -0.05) is 24.3 Å². The molecule has 1 aromatic carbocycles. The van der Waals surface area contributed by atoms with Crippen molar-refractivity contribution >= 4 is 18.2 Å². The monoisotopic (exact) mass is 278 g/mol. The first-order chi connectivity index (χ1) is 10.2. The van der Waals surface area contributed by atoms with E-state index in [1.807, 2.05) is 36.6 Å². The van der Waals surface area contributed by atoms with Crippen molar-refractivity contribution in [3.63, 3.8) is 0 Å². The Kier molecular flexibility index (Phi) is 3.86. The minimum atomic E-state index is -1.49. The molecule has 2 aromatic rings. The molecule has 3 N–H and O–H groups in total. The first-order valence-corrected chi connectivity index (χ1v) is 6.75. The predicted molar refractivity (Wildman–Crippen MR) is 84.6 cm³/mol. The Morgan fingerprint density at radius 3 is 2.62 bits per heavy atom. The topological polar surface area (TPSA) is 65.4 Å². The third-order valence-corrected chi connectivity index (χ3v) is 3.42. The van der Waals surface area contributed by atoms with Crippen molar-refractivity contribution in [2.45, 2.75) is 0 Å². The molecule has 4 nitrogen and oxygen atoms in total. The number of aromatic nitrogens is 1. The zero-order valence-corrected chi connectivity index (χ0v) is 11.4. The van der Waals surface area contributed by atoms with E-state index in [9.17, 15) is 10.0 Å². The lowest BCUT2D eigenvalue weighted by Gasteiger charge is -2.14. The zero-order valence-electron chi connectivity index (χ0n) is 11.4. The van der Waals surface area contributed by atoms with Crippen molar-refractivity contribution in [1.82, 2.24) is 10.3 Å². The SMILES string of the molecule is OB(O)c1cc(C2=CC=CNC2)cc(-c2cccnc2)c1. The van der Waals surface area contributed by atoms with Crippen molar-refractivity contribution in [1.29, 1.82) is 0 Å². The molecule has 0 spiro atoms. The van der Waals surface area contributed by atoms with Gasteiger partial charge in [0.2, 0.25) is 0 Å². The van der Waals surface area contributed by atoms with Crippen LogP contribution in [0.3, 0.4) is 0 Å². The number of nitrogens with zero attached hydrogens (tertiary/aromatic N) is 1. The van der Waals surface area contributed by atoms with E-state index >= 15 is 0 Å². The Morgan fingerprint density at radius 2 is 1.95 bits per heavy atom. The minimum absolute atomic E-state index is 0.474. The summed E-state index contributed by atoms with van der Waals surface area (Å²) in [4.78, 5) is 4.11. The second kappa shape index (κ2) is 5.95. The Morgan fingerprint density at radius 1 is 1.10 bits per heavy atom. The van der Waals surface area contributed by atoms with Crippen LogP contribution in [0, 0.1) is 0 Å². The largest absolute Gasteiger partial charge is 0.488 e. The van der Waals surface area contributed by atoms with E-state index in [4.69, 9.17) is 0 Å². The molecule has 0 radical (unpaired) electrons. The van der Waals surface area contributed by atoms with E-state index < -0.39 is 7.12 Å². The average molecular weight is 278 g/mol. The van der Waals surface area contributed by atoms with Gasteiger partial charge in [-0.15, -0.1) is 0 Å². The van der Waals surface area contributed by atoms with E-state index in [-0.39, 0.29) is 0 Å². The molecule has 0 amide bonds. The molecular formula is C16H15BN2O2. The molecule has 1 aliphatic heterocycles. The van der Waals surface area contributed by atoms with E-state index in [2.05, 4.69) is 10.3 Å². The lowest BCUT2D eigenvalue weighted by atomic mass is 9.77. The molecule has 0 fully saturated rings. The predicted octanol–water partition coefficient (Wildman–Crippen LogP) is 0.929. The van der Waals surface area contributed by atoms with Crippen LogP contribution in [0.15, 0.2) is 61.1 Å². The van der Waals surface area contributed by atoms with Gasteiger partial charge in [-0.3, -0.25) is 4.98 Å². The van der Waals surface area contributed by atoms with Crippen molar-refractivity contribution in [3.05, 3.63) is 66.6 Å². The normalized spacial score (nSPS) is 13.5. The number of allylic oxidation sites excluding steroid dienone is 2. The van der Waals surface area contributed by atoms with Gasteiger partial charge in [-0.2, -0.15) is 0 Å². The Hall–Kier alpha value is -2.37. The minimum Gasteiger partial charge on any atom is -0.423 e. The molecule has 0 saturated heterocycles. The average Bonchev–Trinajstić information content (AvgIpc) is 2.56. The maximum absolute atomic E-state index is 9.51.